The maximum absolute atomic E-state index is 13.2. The second kappa shape index (κ2) is 8.39. The fourth-order valence-corrected chi connectivity index (χ4v) is 4.74. The highest BCUT2D eigenvalue weighted by atomic mass is 35.5. The largest absolute Gasteiger partial charge is 0.375 e. The Morgan fingerprint density at radius 1 is 1.41 bits per heavy atom. The van der Waals surface area contributed by atoms with Crippen molar-refractivity contribution >= 4 is 33.3 Å². The molecular weight excluding hydrogens is 421 g/mol. The SMILES string of the molecule is COC1(CN(C)C)CCN(c2ncc(S(=O)(=O)Nc3cccc(F)n3)cc2Cl)C1. The number of halogens is 2. The van der Waals surface area contributed by atoms with Crippen molar-refractivity contribution in [1.29, 1.82) is 0 Å². The zero-order chi connectivity index (χ0) is 21.2. The van der Waals surface area contributed by atoms with Gasteiger partial charge in [0.1, 0.15) is 16.5 Å². The summed E-state index contributed by atoms with van der Waals surface area (Å²) in [5.41, 5.74) is -0.343. The van der Waals surface area contributed by atoms with Crippen molar-refractivity contribution in [2.75, 3.05) is 50.5 Å². The van der Waals surface area contributed by atoms with Gasteiger partial charge in [-0.15, -0.1) is 0 Å². The van der Waals surface area contributed by atoms with Gasteiger partial charge in [-0.2, -0.15) is 4.39 Å². The molecule has 3 heterocycles. The number of likely N-dealkylation sites (N-methyl/N-ethyl adjacent to an activating group) is 1. The van der Waals surface area contributed by atoms with E-state index < -0.39 is 16.0 Å². The quantitative estimate of drug-likeness (QED) is 0.656. The molecular formula is C18H23ClFN5O3S. The molecule has 2 aromatic rings. The van der Waals surface area contributed by atoms with E-state index in [1.807, 2.05) is 19.0 Å². The highest BCUT2D eigenvalue weighted by Gasteiger charge is 2.40. The van der Waals surface area contributed by atoms with Crippen LogP contribution in [0.25, 0.3) is 0 Å². The first-order valence-electron chi connectivity index (χ1n) is 8.90. The summed E-state index contributed by atoms with van der Waals surface area (Å²) in [5.74, 6) is -0.421. The molecule has 158 valence electrons. The molecule has 3 rings (SSSR count). The summed E-state index contributed by atoms with van der Waals surface area (Å²) in [6.07, 6.45) is 2.02. The normalized spacial score (nSPS) is 19.7. The molecule has 1 N–H and O–H groups in total. The standard InChI is InChI=1S/C18H23ClFN5O3S/c1-24(2)11-18(28-3)7-8-25(12-18)17-14(19)9-13(10-21-17)29(26,27)23-16-6-4-5-15(20)22-16/h4-6,9-10H,7-8,11-12H2,1-3H3,(H,22,23). The number of methoxy groups -OCH3 is 1. The molecule has 0 aliphatic carbocycles. The molecule has 8 nitrogen and oxygen atoms in total. The van der Waals surface area contributed by atoms with E-state index in [-0.39, 0.29) is 21.3 Å². The van der Waals surface area contributed by atoms with Gasteiger partial charge in [0.2, 0.25) is 5.95 Å². The van der Waals surface area contributed by atoms with Gasteiger partial charge in [0.15, 0.2) is 0 Å². The number of nitrogens with zero attached hydrogens (tertiary/aromatic N) is 4. The third kappa shape index (κ3) is 4.95. The molecule has 1 atom stereocenters. The van der Waals surface area contributed by atoms with Crippen molar-refractivity contribution in [3.63, 3.8) is 0 Å². The van der Waals surface area contributed by atoms with Crippen molar-refractivity contribution in [1.82, 2.24) is 14.9 Å². The summed E-state index contributed by atoms with van der Waals surface area (Å²) in [6.45, 7) is 2.02. The predicted octanol–water partition coefficient (Wildman–Crippen LogP) is 2.23. The van der Waals surface area contributed by atoms with Crippen LogP contribution in [-0.2, 0) is 14.8 Å². The third-order valence-electron chi connectivity index (χ3n) is 4.71. The summed E-state index contributed by atoms with van der Waals surface area (Å²) < 4.78 is 46.3. The van der Waals surface area contributed by atoms with E-state index in [0.29, 0.717) is 18.9 Å². The van der Waals surface area contributed by atoms with Crippen molar-refractivity contribution < 1.29 is 17.5 Å². The number of hydrogen-bond acceptors (Lipinski definition) is 7. The van der Waals surface area contributed by atoms with Gasteiger partial charge in [-0.05, 0) is 38.7 Å². The molecule has 0 spiro atoms. The monoisotopic (exact) mass is 443 g/mol. The van der Waals surface area contributed by atoms with Crippen LogP contribution in [-0.4, -0.2) is 69.7 Å². The van der Waals surface area contributed by atoms with Gasteiger partial charge in [0.25, 0.3) is 10.0 Å². The predicted molar refractivity (Wildman–Crippen MR) is 109 cm³/mol. The van der Waals surface area contributed by atoms with Crippen LogP contribution in [0.1, 0.15) is 6.42 Å². The van der Waals surface area contributed by atoms with Crippen molar-refractivity contribution in [2.24, 2.45) is 0 Å². The number of aromatic nitrogens is 2. The number of anilines is 2. The summed E-state index contributed by atoms with van der Waals surface area (Å²) in [5, 5.41) is 0.205. The lowest BCUT2D eigenvalue weighted by Gasteiger charge is -2.31. The minimum atomic E-state index is -4.01. The van der Waals surface area contributed by atoms with E-state index in [4.69, 9.17) is 16.3 Å². The van der Waals surface area contributed by atoms with Crippen molar-refractivity contribution in [3.8, 4) is 0 Å². The fraction of sp³-hybridized carbons (Fsp3) is 0.444. The van der Waals surface area contributed by atoms with Crippen LogP contribution in [0.15, 0.2) is 35.4 Å². The van der Waals surface area contributed by atoms with Gasteiger partial charge in [0, 0.05) is 32.9 Å². The van der Waals surface area contributed by atoms with Crippen LogP contribution >= 0.6 is 11.6 Å². The number of pyridine rings is 2. The van der Waals surface area contributed by atoms with E-state index >= 15 is 0 Å². The fourth-order valence-electron chi connectivity index (χ4n) is 3.42. The molecule has 0 bridgehead atoms. The second-order valence-electron chi connectivity index (χ2n) is 7.22. The molecule has 29 heavy (non-hydrogen) atoms. The Morgan fingerprint density at radius 2 is 2.17 bits per heavy atom. The van der Waals surface area contributed by atoms with Gasteiger partial charge in [-0.3, -0.25) is 4.72 Å². The van der Waals surface area contributed by atoms with Crippen molar-refractivity contribution in [3.05, 3.63) is 41.4 Å². The Bertz CT molecular complexity index is 991. The smallest absolute Gasteiger partial charge is 0.264 e. The zero-order valence-electron chi connectivity index (χ0n) is 16.4. The molecule has 0 amide bonds. The Balaban J connectivity index is 1.80. The first kappa shape index (κ1) is 21.7. The molecule has 1 fully saturated rings. The summed E-state index contributed by atoms with van der Waals surface area (Å²) in [7, 11) is 1.63. The molecule has 0 radical (unpaired) electrons. The summed E-state index contributed by atoms with van der Waals surface area (Å²) >= 11 is 6.36. The van der Waals surface area contributed by atoms with Crippen LogP contribution < -0.4 is 9.62 Å². The maximum Gasteiger partial charge on any atom is 0.264 e. The van der Waals surface area contributed by atoms with E-state index in [1.54, 1.807) is 7.11 Å². The Kier molecular flexibility index (Phi) is 6.27. The Morgan fingerprint density at radius 3 is 2.79 bits per heavy atom. The molecule has 1 unspecified atom stereocenters. The average molecular weight is 444 g/mol. The molecule has 2 aromatic heterocycles. The number of ether oxygens (including phenoxy) is 1. The lowest BCUT2D eigenvalue weighted by Crippen LogP contribution is -2.44. The minimum Gasteiger partial charge on any atom is -0.375 e. The van der Waals surface area contributed by atoms with Gasteiger partial charge >= 0.3 is 0 Å². The molecule has 1 saturated heterocycles. The molecule has 1 aliphatic rings. The van der Waals surface area contributed by atoms with Crippen LogP contribution in [0.4, 0.5) is 16.0 Å². The second-order valence-corrected chi connectivity index (χ2v) is 9.31. The first-order valence-corrected chi connectivity index (χ1v) is 10.8. The number of hydrogen-bond donors (Lipinski definition) is 1. The molecule has 0 aromatic carbocycles. The summed E-state index contributed by atoms with van der Waals surface area (Å²) in [6, 6.07) is 5.16. The van der Waals surface area contributed by atoms with E-state index in [2.05, 4.69) is 19.6 Å². The van der Waals surface area contributed by atoms with Gasteiger partial charge in [-0.25, -0.2) is 18.4 Å². The van der Waals surface area contributed by atoms with Crippen LogP contribution in [0.2, 0.25) is 5.02 Å². The van der Waals surface area contributed by atoms with Crippen LogP contribution in [0, 0.1) is 5.95 Å². The van der Waals surface area contributed by atoms with E-state index in [9.17, 15) is 12.8 Å². The summed E-state index contributed by atoms with van der Waals surface area (Å²) in [4.78, 5) is 11.7. The maximum atomic E-state index is 13.2. The topological polar surface area (TPSA) is 87.7 Å². The van der Waals surface area contributed by atoms with Crippen molar-refractivity contribution in [2.45, 2.75) is 16.9 Å². The van der Waals surface area contributed by atoms with Gasteiger partial charge in [-0.1, -0.05) is 17.7 Å². The molecule has 1 aliphatic heterocycles. The lowest BCUT2D eigenvalue weighted by molar-refractivity contribution is -0.0100. The zero-order valence-corrected chi connectivity index (χ0v) is 18.0. The number of rotatable bonds is 7. The van der Waals surface area contributed by atoms with E-state index in [1.165, 1.54) is 24.4 Å². The highest BCUT2D eigenvalue weighted by molar-refractivity contribution is 7.92. The number of sulfonamides is 1. The highest BCUT2D eigenvalue weighted by Crippen LogP contribution is 2.33. The van der Waals surface area contributed by atoms with Gasteiger partial charge < -0.3 is 14.5 Å². The first-order chi connectivity index (χ1) is 13.6. The van der Waals surface area contributed by atoms with Crippen LogP contribution in [0.3, 0.4) is 0 Å². The average Bonchev–Trinajstić information content (AvgIpc) is 3.05. The van der Waals surface area contributed by atoms with E-state index in [0.717, 1.165) is 19.0 Å². The van der Waals surface area contributed by atoms with Crippen LogP contribution in [0.5, 0.6) is 0 Å². The number of nitrogens with one attached hydrogen (secondary N) is 1. The lowest BCUT2D eigenvalue weighted by atomic mass is 10.0. The minimum absolute atomic E-state index is 0.127. The third-order valence-corrected chi connectivity index (χ3v) is 6.31. The molecule has 0 saturated carbocycles. The Hall–Kier alpha value is -2.01. The Labute approximate surface area is 174 Å². The molecule has 11 heteroatoms. The van der Waals surface area contributed by atoms with Gasteiger partial charge in [0.05, 0.1) is 10.6 Å².